The Bertz CT molecular complexity index is 689. The normalized spacial score (nSPS) is 10.3. The lowest BCUT2D eigenvalue weighted by atomic mass is 10.1. The molecule has 0 aliphatic rings. The Hall–Kier alpha value is -2.69. The molecular weight excluding hydrogens is 319 g/mol. The third kappa shape index (κ3) is 6.75. The number of amides is 2. The van der Waals surface area contributed by atoms with Crippen molar-refractivity contribution < 1.29 is 14.0 Å². The van der Waals surface area contributed by atoms with Gasteiger partial charge < -0.3 is 10.6 Å². The molecule has 2 amide bonds. The lowest BCUT2D eigenvalue weighted by molar-refractivity contribution is -0.121. The van der Waals surface area contributed by atoms with Gasteiger partial charge >= 0.3 is 0 Å². The monoisotopic (exact) mass is 342 g/mol. The van der Waals surface area contributed by atoms with Gasteiger partial charge in [-0.3, -0.25) is 9.59 Å². The van der Waals surface area contributed by atoms with Crippen molar-refractivity contribution in [3.05, 3.63) is 71.5 Å². The second-order valence-electron chi connectivity index (χ2n) is 5.80. The molecule has 132 valence electrons. The fourth-order valence-corrected chi connectivity index (χ4v) is 2.40. The average Bonchev–Trinajstić information content (AvgIpc) is 2.64. The molecule has 2 N–H and O–H groups in total. The number of carbonyl (C=O) groups excluding carboxylic acids is 2. The highest BCUT2D eigenvalue weighted by molar-refractivity contribution is 5.94. The molecule has 0 atom stereocenters. The van der Waals surface area contributed by atoms with E-state index in [2.05, 4.69) is 10.6 Å². The van der Waals surface area contributed by atoms with Gasteiger partial charge in [-0.1, -0.05) is 42.8 Å². The van der Waals surface area contributed by atoms with Crippen molar-refractivity contribution in [1.82, 2.24) is 10.6 Å². The van der Waals surface area contributed by atoms with Crippen LogP contribution in [0.15, 0.2) is 54.6 Å². The van der Waals surface area contributed by atoms with Crippen molar-refractivity contribution in [3.8, 4) is 0 Å². The maximum Gasteiger partial charge on any atom is 0.251 e. The number of hydrogen-bond donors (Lipinski definition) is 2. The third-order valence-electron chi connectivity index (χ3n) is 3.84. The van der Waals surface area contributed by atoms with Crippen LogP contribution in [0.5, 0.6) is 0 Å². The van der Waals surface area contributed by atoms with Crippen LogP contribution in [-0.4, -0.2) is 18.4 Å². The van der Waals surface area contributed by atoms with E-state index in [1.54, 1.807) is 30.3 Å². The maximum atomic E-state index is 13.4. The minimum atomic E-state index is -0.308. The summed E-state index contributed by atoms with van der Waals surface area (Å²) in [6.07, 6.45) is 2.81. The predicted molar refractivity (Wildman–Crippen MR) is 95.5 cm³/mol. The average molecular weight is 342 g/mol. The van der Waals surface area contributed by atoms with Crippen LogP contribution in [-0.2, 0) is 11.3 Å². The zero-order valence-electron chi connectivity index (χ0n) is 14.1. The quantitative estimate of drug-likeness (QED) is 0.686. The smallest absolute Gasteiger partial charge is 0.251 e. The van der Waals surface area contributed by atoms with E-state index < -0.39 is 0 Å². The number of hydrogen-bond acceptors (Lipinski definition) is 2. The fourth-order valence-electron chi connectivity index (χ4n) is 2.40. The molecule has 5 heteroatoms. The van der Waals surface area contributed by atoms with Gasteiger partial charge in [0, 0.05) is 30.6 Å². The van der Waals surface area contributed by atoms with Crippen molar-refractivity contribution in [1.29, 1.82) is 0 Å². The molecular formula is C20H23FN2O2. The van der Waals surface area contributed by atoms with Gasteiger partial charge in [0.15, 0.2) is 0 Å². The zero-order chi connectivity index (χ0) is 17.9. The third-order valence-corrected chi connectivity index (χ3v) is 3.84. The van der Waals surface area contributed by atoms with Crippen LogP contribution in [0, 0.1) is 5.82 Å². The Balaban J connectivity index is 1.53. The van der Waals surface area contributed by atoms with E-state index in [1.165, 1.54) is 6.07 Å². The summed E-state index contributed by atoms with van der Waals surface area (Å²) in [5, 5.41) is 5.58. The molecule has 0 unspecified atom stereocenters. The summed E-state index contributed by atoms with van der Waals surface area (Å²) in [5.41, 5.74) is 1.13. The van der Waals surface area contributed by atoms with E-state index >= 15 is 0 Å². The van der Waals surface area contributed by atoms with Crippen molar-refractivity contribution in [2.45, 2.75) is 32.2 Å². The molecule has 0 saturated carbocycles. The Morgan fingerprint density at radius 1 is 0.840 bits per heavy atom. The second kappa shape index (κ2) is 10.2. The molecule has 2 aromatic rings. The van der Waals surface area contributed by atoms with E-state index in [-0.39, 0.29) is 24.2 Å². The minimum Gasteiger partial charge on any atom is -0.352 e. The summed E-state index contributed by atoms with van der Waals surface area (Å²) < 4.78 is 13.4. The standard InChI is InChI=1S/C20H23FN2O2/c21-18-12-7-6-11-17(18)15-23-19(24)13-5-2-8-14-22-20(25)16-9-3-1-4-10-16/h1,3-4,6-7,9-12H,2,5,8,13-15H2,(H,22,25)(H,23,24). The molecule has 0 radical (unpaired) electrons. The van der Waals surface area contributed by atoms with Gasteiger partial charge in [0.05, 0.1) is 0 Å². The summed E-state index contributed by atoms with van der Waals surface area (Å²) in [7, 11) is 0. The largest absolute Gasteiger partial charge is 0.352 e. The Kier molecular flexibility index (Phi) is 7.63. The van der Waals surface area contributed by atoms with Crippen LogP contribution in [0.25, 0.3) is 0 Å². The number of nitrogens with one attached hydrogen (secondary N) is 2. The van der Waals surface area contributed by atoms with E-state index in [9.17, 15) is 14.0 Å². The molecule has 0 fully saturated rings. The summed E-state index contributed by atoms with van der Waals surface area (Å²) in [4.78, 5) is 23.6. The molecule has 0 bridgehead atoms. The van der Waals surface area contributed by atoms with Gasteiger partial charge in [-0.25, -0.2) is 4.39 Å². The zero-order valence-corrected chi connectivity index (χ0v) is 14.1. The topological polar surface area (TPSA) is 58.2 Å². The second-order valence-corrected chi connectivity index (χ2v) is 5.80. The van der Waals surface area contributed by atoms with Gasteiger partial charge in [0.2, 0.25) is 5.91 Å². The lowest BCUT2D eigenvalue weighted by Gasteiger charge is -2.07. The van der Waals surface area contributed by atoms with Gasteiger partial charge in [0.1, 0.15) is 5.82 Å². The highest BCUT2D eigenvalue weighted by atomic mass is 19.1. The number of halogens is 1. The molecule has 0 saturated heterocycles. The Morgan fingerprint density at radius 2 is 1.56 bits per heavy atom. The Labute approximate surface area is 147 Å². The van der Waals surface area contributed by atoms with Crippen LogP contribution >= 0.6 is 0 Å². The van der Waals surface area contributed by atoms with Crippen molar-refractivity contribution in [2.24, 2.45) is 0 Å². The van der Waals surface area contributed by atoms with Gasteiger partial charge in [0.25, 0.3) is 5.91 Å². The van der Waals surface area contributed by atoms with Crippen LogP contribution in [0.3, 0.4) is 0 Å². The molecule has 4 nitrogen and oxygen atoms in total. The SMILES string of the molecule is O=C(CCCCCNC(=O)c1ccccc1)NCc1ccccc1F. The maximum absolute atomic E-state index is 13.4. The van der Waals surface area contributed by atoms with Gasteiger partial charge in [-0.2, -0.15) is 0 Å². The predicted octanol–water partition coefficient (Wildman–Crippen LogP) is 3.43. The molecule has 25 heavy (non-hydrogen) atoms. The van der Waals surface area contributed by atoms with Gasteiger partial charge in [-0.15, -0.1) is 0 Å². The summed E-state index contributed by atoms with van der Waals surface area (Å²) in [6.45, 7) is 0.795. The lowest BCUT2D eigenvalue weighted by Crippen LogP contribution is -2.24. The van der Waals surface area contributed by atoms with E-state index in [1.807, 2.05) is 18.2 Å². The summed E-state index contributed by atoms with van der Waals surface area (Å²) >= 11 is 0. The number of carbonyl (C=O) groups is 2. The summed E-state index contributed by atoms with van der Waals surface area (Å²) in [6, 6.07) is 15.5. The molecule has 0 spiro atoms. The first-order valence-corrected chi connectivity index (χ1v) is 8.50. The highest BCUT2D eigenvalue weighted by Crippen LogP contribution is 2.06. The first-order chi connectivity index (χ1) is 12.2. The molecule has 0 aliphatic heterocycles. The number of rotatable bonds is 9. The fraction of sp³-hybridized carbons (Fsp3) is 0.300. The molecule has 0 aromatic heterocycles. The van der Waals surface area contributed by atoms with E-state index in [0.717, 1.165) is 19.3 Å². The van der Waals surface area contributed by atoms with Crippen LogP contribution in [0.1, 0.15) is 41.6 Å². The number of benzene rings is 2. The van der Waals surface area contributed by atoms with Crippen LogP contribution < -0.4 is 10.6 Å². The van der Waals surface area contributed by atoms with Gasteiger partial charge in [-0.05, 0) is 31.0 Å². The molecule has 2 rings (SSSR count). The molecule has 2 aromatic carbocycles. The highest BCUT2D eigenvalue weighted by Gasteiger charge is 2.05. The number of unbranched alkanes of at least 4 members (excludes halogenated alkanes) is 2. The van der Waals surface area contributed by atoms with Crippen LogP contribution in [0.2, 0.25) is 0 Å². The first-order valence-electron chi connectivity index (χ1n) is 8.50. The van der Waals surface area contributed by atoms with E-state index in [4.69, 9.17) is 0 Å². The molecule has 0 heterocycles. The summed E-state index contributed by atoms with van der Waals surface area (Å²) in [5.74, 6) is -0.475. The van der Waals surface area contributed by atoms with Crippen molar-refractivity contribution >= 4 is 11.8 Å². The van der Waals surface area contributed by atoms with Crippen molar-refractivity contribution in [2.75, 3.05) is 6.54 Å². The minimum absolute atomic E-state index is 0.0803. The van der Waals surface area contributed by atoms with Crippen molar-refractivity contribution in [3.63, 3.8) is 0 Å². The Morgan fingerprint density at radius 3 is 2.32 bits per heavy atom. The molecule has 0 aliphatic carbocycles. The first kappa shape index (κ1) is 18.6. The van der Waals surface area contributed by atoms with Crippen LogP contribution in [0.4, 0.5) is 4.39 Å². The van der Waals surface area contributed by atoms with E-state index in [0.29, 0.717) is 24.1 Å².